The smallest absolute Gasteiger partial charge is 0.322 e. The van der Waals surface area contributed by atoms with E-state index in [1.54, 1.807) is 24.4 Å². The Morgan fingerprint density at radius 1 is 0.836 bits per heavy atom. The molecule has 4 aromatic rings. The number of hydrogen-bond donors (Lipinski definition) is 4. The highest BCUT2D eigenvalue weighted by molar-refractivity contribution is 6.26. The molecular weight excluding hydrogens is 777 g/mol. The number of imide groups is 2. The Bertz CT molecular complexity index is 2350. The topological polar surface area (TPSA) is 200 Å². The highest BCUT2D eigenvalue weighted by Crippen LogP contribution is 2.33. The number of hydrogen-bond acceptors (Lipinski definition) is 11. The van der Waals surface area contributed by atoms with Crippen LogP contribution in [0.1, 0.15) is 70.4 Å². The predicted octanol–water partition coefficient (Wildman–Crippen LogP) is 4.25. The SMILES string of the molecule is N#Cc1ccc(NC2CCC(N(C(=O)NCc3ccccc3)c3ccc(N4CCN(CC(=O)Nc5cccc6c5C(=O)N(C5CCC(=O)NC5=O)C6=O)CC4)cc3)CC2)nc1. The van der Waals surface area contributed by atoms with Crippen LogP contribution in [0.4, 0.5) is 27.7 Å². The predicted molar refractivity (Wildman–Crippen MR) is 227 cm³/mol. The van der Waals surface area contributed by atoms with Crippen LogP contribution in [0.25, 0.3) is 0 Å². The van der Waals surface area contributed by atoms with Gasteiger partial charge in [0.2, 0.25) is 17.7 Å². The van der Waals surface area contributed by atoms with Crippen molar-refractivity contribution < 1.29 is 28.8 Å². The lowest BCUT2D eigenvalue weighted by atomic mass is 9.90. The Hall–Kier alpha value is -7.12. The third-order valence-electron chi connectivity index (χ3n) is 11.8. The van der Waals surface area contributed by atoms with Crippen LogP contribution in [0, 0.1) is 11.3 Å². The van der Waals surface area contributed by atoms with Crippen LogP contribution in [0.3, 0.4) is 0 Å². The summed E-state index contributed by atoms with van der Waals surface area (Å²) in [5.41, 5.74) is 3.67. The lowest BCUT2D eigenvalue weighted by Crippen LogP contribution is -2.54. The monoisotopic (exact) mass is 822 g/mol. The van der Waals surface area contributed by atoms with Gasteiger partial charge in [-0.1, -0.05) is 36.4 Å². The number of carbonyl (C=O) groups excluding carboxylic acids is 6. The van der Waals surface area contributed by atoms with Gasteiger partial charge in [0.15, 0.2) is 0 Å². The number of urea groups is 1. The van der Waals surface area contributed by atoms with Gasteiger partial charge in [0.05, 0.1) is 28.9 Å². The van der Waals surface area contributed by atoms with E-state index in [0.717, 1.165) is 53.3 Å². The molecule has 3 aliphatic heterocycles. The van der Waals surface area contributed by atoms with Gasteiger partial charge in [0.25, 0.3) is 11.8 Å². The number of nitriles is 1. The summed E-state index contributed by atoms with van der Waals surface area (Å²) >= 11 is 0. The third-order valence-corrected chi connectivity index (χ3v) is 11.8. The zero-order valence-corrected chi connectivity index (χ0v) is 33.5. The van der Waals surface area contributed by atoms with Crippen molar-refractivity contribution in [2.45, 2.75) is 63.2 Å². The van der Waals surface area contributed by atoms with E-state index in [2.05, 4.69) is 37.2 Å². The van der Waals surface area contributed by atoms with E-state index in [1.807, 2.05) is 70.5 Å². The Kier molecular flexibility index (Phi) is 12.0. The van der Waals surface area contributed by atoms with Crippen molar-refractivity contribution in [2.24, 2.45) is 0 Å². The highest BCUT2D eigenvalue weighted by Gasteiger charge is 2.46. The van der Waals surface area contributed by atoms with E-state index in [0.29, 0.717) is 38.3 Å². The summed E-state index contributed by atoms with van der Waals surface area (Å²) in [6.07, 6.45) is 4.91. The molecule has 2 saturated heterocycles. The molecule has 1 aromatic heterocycles. The van der Waals surface area contributed by atoms with Crippen molar-refractivity contribution in [3.8, 4) is 6.07 Å². The molecule has 4 aliphatic rings. The van der Waals surface area contributed by atoms with Gasteiger partial charge in [0, 0.05) is 68.8 Å². The number of carbonyl (C=O) groups is 6. The minimum atomic E-state index is -1.10. The minimum Gasteiger partial charge on any atom is -0.369 e. The summed E-state index contributed by atoms with van der Waals surface area (Å²) < 4.78 is 0. The summed E-state index contributed by atoms with van der Waals surface area (Å²) in [7, 11) is 0. The summed E-state index contributed by atoms with van der Waals surface area (Å²) in [5.74, 6) is -2.08. The second-order valence-corrected chi connectivity index (χ2v) is 15.7. The van der Waals surface area contributed by atoms with Crippen LogP contribution >= 0.6 is 0 Å². The Morgan fingerprint density at radius 2 is 1.59 bits per heavy atom. The molecule has 4 N–H and O–H groups in total. The molecule has 1 aliphatic carbocycles. The first kappa shape index (κ1) is 40.7. The van der Waals surface area contributed by atoms with Crippen LogP contribution in [0.15, 0.2) is 91.1 Å². The van der Waals surface area contributed by atoms with E-state index < -0.39 is 29.7 Å². The van der Waals surface area contributed by atoms with Gasteiger partial charge in [-0.05, 0) is 86.2 Å². The molecule has 3 aromatic carbocycles. The highest BCUT2D eigenvalue weighted by atomic mass is 16.2. The standard InChI is InChI=1S/C45H46N10O6/c46-25-30-9-19-38(47-27-30)49-31-10-12-33(13-11-31)54(45(61)48-26-29-5-2-1-3-6-29)34-16-14-32(15-17-34)53-23-21-52(22-24-53)28-40(57)50-36-8-4-7-35-41(36)44(60)55(43(35)59)37-18-20-39(56)51-42(37)58/h1-9,14-17,19,27,31,33,37H,10-13,18,20-24,26,28H2,(H,47,49)(H,48,61)(H,50,57)(H,51,56,58). The maximum absolute atomic E-state index is 13.9. The molecule has 312 valence electrons. The maximum Gasteiger partial charge on any atom is 0.322 e. The number of benzene rings is 3. The average molecular weight is 823 g/mol. The van der Waals surface area contributed by atoms with Gasteiger partial charge in [-0.2, -0.15) is 5.26 Å². The first-order chi connectivity index (χ1) is 29.6. The summed E-state index contributed by atoms with van der Waals surface area (Å²) in [4.78, 5) is 89.5. The van der Waals surface area contributed by atoms with Crippen molar-refractivity contribution in [2.75, 3.05) is 53.2 Å². The van der Waals surface area contributed by atoms with Gasteiger partial charge in [-0.3, -0.25) is 44.0 Å². The van der Waals surface area contributed by atoms with E-state index in [9.17, 15) is 28.8 Å². The fraction of sp³-hybridized carbons (Fsp3) is 0.333. The number of piperidine rings is 1. The van der Waals surface area contributed by atoms with Crippen LogP contribution in [-0.2, 0) is 20.9 Å². The Morgan fingerprint density at radius 3 is 2.28 bits per heavy atom. The van der Waals surface area contributed by atoms with Gasteiger partial charge in [-0.15, -0.1) is 0 Å². The molecule has 0 spiro atoms. The molecule has 3 fully saturated rings. The van der Waals surface area contributed by atoms with Crippen molar-refractivity contribution in [3.05, 3.63) is 113 Å². The van der Waals surface area contributed by atoms with E-state index in [1.165, 1.54) is 6.07 Å². The second kappa shape index (κ2) is 18.0. The number of piperazine rings is 1. The fourth-order valence-electron chi connectivity index (χ4n) is 8.59. The molecule has 7 amide bonds. The quantitative estimate of drug-likeness (QED) is 0.158. The minimum absolute atomic E-state index is 0.0110. The molecule has 8 rings (SSSR count). The first-order valence-corrected chi connectivity index (χ1v) is 20.6. The molecule has 16 nitrogen and oxygen atoms in total. The fourth-order valence-corrected chi connectivity index (χ4v) is 8.59. The Balaban J connectivity index is 0.868. The van der Waals surface area contributed by atoms with E-state index >= 15 is 0 Å². The zero-order chi connectivity index (χ0) is 42.5. The molecular formula is C45H46N10O6. The number of amides is 7. The van der Waals surface area contributed by atoms with Gasteiger partial charge >= 0.3 is 6.03 Å². The number of anilines is 4. The third kappa shape index (κ3) is 9.07. The van der Waals surface area contributed by atoms with Gasteiger partial charge in [-0.25, -0.2) is 9.78 Å². The van der Waals surface area contributed by atoms with Crippen LogP contribution in [-0.4, -0.2) is 101 Å². The number of pyridine rings is 1. The normalized spacial score (nSPS) is 20.3. The van der Waals surface area contributed by atoms with Crippen molar-refractivity contribution in [3.63, 3.8) is 0 Å². The van der Waals surface area contributed by atoms with E-state index in [-0.39, 0.29) is 60.2 Å². The number of nitrogens with one attached hydrogen (secondary N) is 4. The van der Waals surface area contributed by atoms with Crippen molar-refractivity contribution >= 4 is 58.4 Å². The van der Waals surface area contributed by atoms with Crippen LogP contribution in [0.5, 0.6) is 0 Å². The molecule has 0 bridgehead atoms. The number of fused-ring (bicyclic) bond motifs is 1. The number of rotatable bonds is 11. The van der Waals surface area contributed by atoms with Crippen LogP contribution < -0.4 is 31.1 Å². The lowest BCUT2D eigenvalue weighted by Gasteiger charge is -2.38. The average Bonchev–Trinajstić information content (AvgIpc) is 3.53. The maximum atomic E-state index is 13.9. The van der Waals surface area contributed by atoms with E-state index in [4.69, 9.17) is 5.26 Å². The van der Waals surface area contributed by atoms with Gasteiger partial charge in [0.1, 0.15) is 17.9 Å². The molecule has 61 heavy (non-hydrogen) atoms. The molecule has 1 atom stereocenters. The van der Waals surface area contributed by atoms with Crippen molar-refractivity contribution in [1.29, 1.82) is 5.26 Å². The lowest BCUT2D eigenvalue weighted by molar-refractivity contribution is -0.136. The van der Waals surface area contributed by atoms with Gasteiger partial charge < -0.3 is 20.9 Å². The number of aromatic nitrogens is 1. The first-order valence-electron chi connectivity index (χ1n) is 20.6. The molecule has 1 saturated carbocycles. The summed E-state index contributed by atoms with van der Waals surface area (Å²) in [5, 5.41) is 20.7. The van der Waals surface area contributed by atoms with Crippen LogP contribution in [0.2, 0.25) is 0 Å². The molecule has 0 radical (unpaired) electrons. The number of nitrogens with zero attached hydrogens (tertiary/aromatic N) is 6. The molecule has 4 heterocycles. The largest absolute Gasteiger partial charge is 0.369 e. The zero-order valence-electron chi connectivity index (χ0n) is 33.5. The molecule has 16 heteroatoms. The molecule has 1 unspecified atom stereocenters. The Labute approximate surface area is 352 Å². The summed E-state index contributed by atoms with van der Waals surface area (Å²) in [6, 6.07) is 27.1. The second-order valence-electron chi connectivity index (χ2n) is 15.7. The summed E-state index contributed by atoms with van der Waals surface area (Å²) in [6.45, 7) is 3.01. The van der Waals surface area contributed by atoms with Crippen molar-refractivity contribution in [1.82, 2.24) is 25.4 Å².